The van der Waals surface area contributed by atoms with Gasteiger partial charge in [0.2, 0.25) is 6.79 Å². The number of fused-ring (bicyclic) bond motifs is 1. The average Bonchev–Trinajstić information content (AvgIpc) is 3.38. The number of nitrogens with zero attached hydrogens (tertiary/aromatic N) is 1. The number of aromatic hydroxyl groups is 1. The molecular formula is C21H24N2O4S. The summed E-state index contributed by atoms with van der Waals surface area (Å²) in [6.45, 7) is 2.87. The molecule has 0 aliphatic carbocycles. The van der Waals surface area contributed by atoms with Gasteiger partial charge in [0.1, 0.15) is 5.75 Å². The molecule has 2 aromatic carbocycles. The van der Waals surface area contributed by atoms with E-state index in [9.17, 15) is 5.11 Å². The topological polar surface area (TPSA) is 63.2 Å². The van der Waals surface area contributed by atoms with Crippen LogP contribution in [0.15, 0.2) is 42.5 Å². The summed E-state index contributed by atoms with van der Waals surface area (Å²) >= 11 is 5.67. The molecule has 0 radical (unpaired) electrons. The van der Waals surface area contributed by atoms with Gasteiger partial charge in [-0.15, -0.1) is 0 Å². The Hall–Kier alpha value is -2.51. The maximum absolute atomic E-state index is 10.2. The van der Waals surface area contributed by atoms with Crippen molar-refractivity contribution in [2.24, 2.45) is 0 Å². The van der Waals surface area contributed by atoms with Gasteiger partial charge in [-0.1, -0.05) is 24.3 Å². The van der Waals surface area contributed by atoms with Gasteiger partial charge < -0.3 is 29.5 Å². The SMILES string of the molecule is Oc1ccccc1CN(C[C@@H]1CCCO1)C(=S)NCc1ccc2c(c1)OCO2. The Morgan fingerprint density at radius 1 is 1.18 bits per heavy atom. The smallest absolute Gasteiger partial charge is 0.231 e. The average molecular weight is 401 g/mol. The van der Waals surface area contributed by atoms with Crippen LogP contribution >= 0.6 is 12.2 Å². The van der Waals surface area contributed by atoms with Crippen LogP contribution in [0.1, 0.15) is 24.0 Å². The Morgan fingerprint density at radius 2 is 2.04 bits per heavy atom. The van der Waals surface area contributed by atoms with Crippen LogP contribution in [0.4, 0.5) is 0 Å². The number of ether oxygens (including phenoxy) is 3. The second-order valence-electron chi connectivity index (χ2n) is 6.99. The van der Waals surface area contributed by atoms with Crippen LogP contribution < -0.4 is 14.8 Å². The minimum atomic E-state index is 0.163. The van der Waals surface area contributed by atoms with E-state index < -0.39 is 0 Å². The van der Waals surface area contributed by atoms with E-state index in [0.717, 1.165) is 42.1 Å². The predicted octanol–water partition coefficient (Wildman–Crippen LogP) is 3.18. The lowest BCUT2D eigenvalue weighted by atomic mass is 10.1. The van der Waals surface area contributed by atoms with Gasteiger partial charge >= 0.3 is 0 Å². The van der Waals surface area contributed by atoms with E-state index in [1.807, 2.05) is 36.4 Å². The van der Waals surface area contributed by atoms with Gasteiger partial charge in [0, 0.05) is 31.8 Å². The molecular weight excluding hydrogens is 376 g/mol. The highest BCUT2D eigenvalue weighted by atomic mass is 32.1. The van der Waals surface area contributed by atoms with Gasteiger partial charge in [0.05, 0.1) is 6.10 Å². The summed E-state index contributed by atoms with van der Waals surface area (Å²) in [4.78, 5) is 2.06. The van der Waals surface area contributed by atoms with Crippen molar-refractivity contribution in [2.75, 3.05) is 19.9 Å². The zero-order valence-electron chi connectivity index (χ0n) is 15.6. The lowest BCUT2D eigenvalue weighted by Crippen LogP contribution is -2.42. The number of hydrogen-bond acceptors (Lipinski definition) is 5. The third kappa shape index (κ3) is 4.48. The monoisotopic (exact) mass is 400 g/mol. The molecule has 1 saturated heterocycles. The fraction of sp³-hybridized carbons (Fsp3) is 0.381. The Bertz CT molecular complexity index is 839. The van der Waals surface area contributed by atoms with Crippen molar-refractivity contribution in [1.29, 1.82) is 0 Å². The minimum Gasteiger partial charge on any atom is -0.508 e. The molecule has 1 atom stereocenters. The van der Waals surface area contributed by atoms with Gasteiger partial charge in [-0.3, -0.25) is 0 Å². The van der Waals surface area contributed by atoms with E-state index in [1.165, 1.54) is 0 Å². The van der Waals surface area contributed by atoms with E-state index >= 15 is 0 Å². The number of rotatable bonds is 6. The molecule has 0 unspecified atom stereocenters. The standard InChI is InChI=1S/C21H24N2O4S/c24-18-6-2-1-4-16(18)12-23(13-17-5-3-9-25-17)21(28)22-11-15-7-8-19-20(10-15)27-14-26-19/h1-2,4,6-8,10,17,24H,3,5,9,11-14H2,(H,22,28)/t17-/m0/s1. The van der Waals surface area contributed by atoms with Gasteiger partial charge in [0.25, 0.3) is 0 Å². The Labute approximate surface area is 170 Å². The van der Waals surface area contributed by atoms with Crippen LogP contribution in [0.3, 0.4) is 0 Å². The third-order valence-corrected chi connectivity index (χ3v) is 5.37. The zero-order chi connectivity index (χ0) is 19.3. The molecule has 2 aliphatic rings. The van der Waals surface area contributed by atoms with Gasteiger partial charge in [-0.25, -0.2) is 0 Å². The summed E-state index contributed by atoms with van der Waals surface area (Å²) in [7, 11) is 0. The fourth-order valence-electron chi connectivity index (χ4n) is 3.44. The molecule has 0 aromatic heterocycles. The molecule has 0 spiro atoms. The van der Waals surface area contributed by atoms with Crippen LogP contribution in [0.5, 0.6) is 17.2 Å². The van der Waals surface area contributed by atoms with Crippen LogP contribution in [0.25, 0.3) is 0 Å². The summed E-state index contributed by atoms with van der Waals surface area (Å²) < 4.78 is 16.6. The van der Waals surface area contributed by atoms with Crippen molar-refractivity contribution in [3.8, 4) is 17.2 Å². The number of phenols is 1. The molecule has 2 heterocycles. The molecule has 1 fully saturated rings. The zero-order valence-corrected chi connectivity index (χ0v) is 16.4. The van der Waals surface area contributed by atoms with Crippen LogP contribution in [0.2, 0.25) is 0 Å². The molecule has 2 aliphatic heterocycles. The first kappa shape index (κ1) is 18.8. The van der Waals surface area contributed by atoms with Gasteiger partial charge in [0.15, 0.2) is 16.6 Å². The maximum atomic E-state index is 10.2. The first-order valence-electron chi connectivity index (χ1n) is 9.49. The molecule has 148 valence electrons. The second-order valence-corrected chi connectivity index (χ2v) is 7.38. The van der Waals surface area contributed by atoms with Crippen LogP contribution in [-0.4, -0.2) is 41.2 Å². The summed E-state index contributed by atoms with van der Waals surface area (Å²) in [6.07, 6.45) is 2.27. The molecule has 7 heteroatoms. The quantitative estimate of drug-likeness (QED) is 0.722. The van der Waals surface area contributed by atoms with Crippen LogP contribution in [-0.2, 0) is 17.8 Å². The Balaban J connectivity index is 1.42. The van der Waals surface area contributed by atoms with E-state index in [0.29, 0.717) is 24.7 Å². The summed E-state index contributed by atoms with van der Waals surface area (Å²) in [5.41, 5.74) is 1.90. The van der Waals surface area contributed by atoms with E-state index in [-0.39, 0.29) is 18.6 Å². The first-order chi connectivity index (χ1) is 13.7. The molecule has 4 rings (SSSR count). The molecule has 0 bridgehead atoms. The minimum absolute atomic E-state index is 0.163. The fourth-order valence-corrected chi connectivity index (χ4v) is 3.66. The number of hydrogen-bond donors (Lipinski definition) is 2. The Kier molecular flexibility index (Phi) is 5.83. The van der Waals surface area contributed by atoms with E-state index in [2.05, 4.69) is 10.2 Å². The molecule has 2 aromatic rings. The van der Waals surface area contributed by atoms with Crippen molar-refractivity contribution in [2.45, 2.75) is 32.0 Å². The normalized spacial score (nSPS) is 17.5. The highest BCUT2D eigenvalue weighted by Gasteiger charge is 2.22. The maximum Gasteiger partial charge on any atom is 0.231 e. The lowest BCUT2D eigenvalue weighted by molar-refractivity contribution is 0.0896. The van der Waals surface area contributed by atoms with Crippen molar-refractivity contribution in [3.63, 3.8) is 0 Å². The number of phenolic OH excluding ortho intramolecular Hbond substituents is 1. The lowest BCUT2D eigenvalue weighted by Gasteiger charge is -2.28. The van der Waals surface area contributed by atoms with E-state index in [1.54, 1.807) is 6.07 Å². The van der Waals surface area contributed by atoms with Gasteiger partial charge in [-0.2, -0.15) is 0 Å². The van der Waals surface area contributed by atoms with Crippen molar-refractivity contribution in [3.05, 3.63) is 53.6 Å². The van der Waals surface area contributed by atoms with Crippen molar-refractivity contribution in [1.82, 2.24) is 10.2 Å². The van der Waals surface area contributed by atoms with Crippen molar-refractivity contribution < 1.29 is 19.3 Å². The summed E-state index contributed by atoms with van der Waals surface area (Å²) in [5, 5.41) is 14.1. The van der Waals surface area contributed by atoms with Crippen molar-refractivity contribution >= 4 is 17.3 Å². The largest absolute Gasteiger partial charge is 0.508 e. The number of nitrogens with one attached hydrogen (secondary N) is 1. The summed E-state index contributed by atoms with van der Waals surface area (Å²) in [5.74, 6) is 1.81. The molecule has 28 heavy (non-hydrogen) atoms. The Morgan fingerprint density at radius 3 is 2.86 bits per heavy atom. The first-order valence-corrected chi connectivity index (χ1v) is 9.89. The highest BCUT2D eigenvalue weighted by Crippen LogP contribution is 2.32. The molecule has 2 N–H and O–H groups in total. The highest BCUT2D eigenvalue weighted by molar-refractivity contribution is 7.80. The van der Waals surface area contributed by atoms with Crippen LogP contribution in [0, 0.1) is 0 Å². The predicted molar refractivity (Wildman–Crippen MR) is 109 cm³/mol. The number of para-hydroxylation sites is 1. The third-order valence-electron chi connectivity index (χ3n) is 4.97. The number of benzene rings is 2. The van der Waals surface area contributed by atoms with Gasteiger partial charge in [-0.05, 0) is 48.8 Å². The molecule has 0 amide bonds. The second kappa shape index (κ2) is 8.67. The van der Waals surface area contributed by atoms with E-state index in [4.69, 9.17) is 26.4 Å². The summed E-state index contributed by atoms with van der Waals surface area (Å²) in [6, 6.07) is 13.2. The molecule has 0 saturated carbocycles. The number of thiocarbonyl (C=S) groups is 1. The molecule has 6 nitrogen and oxygen atoms in total.